The zero-order valence-electron chi connectivity index (χ0n) is 8.72. The molecule has 0 N–H and O–H groups in total. The second kappa shape index (κ2) is 4.80. The molecule has 0 unspecified atom stereocenters. The topological polar surface area (TPSA) is 73.3 Å². The number of benzene rings is 1. The van der Waals surface area contributed by atoms with Crippen molar-refractivity contribution in [3.63, 3.8) is 0 Å². The second-order valence-corrected chi connectivity index (χ2v) is 4.11. The van der Waals surface area contributed by atoms with Gasteiger partial charge in [0, 0.05) is 17.7 Å². The molecule has 2 rings (SSSR count). The van der Waals surface area contributed by atoms with Crippen LogP contribution in [0.1, 0.15) is 10.6 Å². The van der Waals surface area contributed by atoms with Gasteiger partial charge in [-0.05, 0) is 29.8 Å². The molecule has 0 saturated carbocycles. The number of hydrogen-bond donors (Lipinski definition) is 0. The predicted molar refractivity (Wildman–Crippen MR) is 66.0 cm³/mol. The summed E-state index contributed by atoms with van der Waals surface area (Å²) < 4.78 is 5.18. The first-order valence-electron chi connectivity index (χ1n) is 4.73. The van der Waals surface area contributed by atoms with E-state index in [0.717, 1.165) is 0 Å². The van der Waals surface area contributed by atoms with Crippen LogP contribution >= 0.6 is 23.2 Å². The van der Waals surface area contributed by atoms with Gasteiger partial charge in [-0.25, -0.2) is 0 Å². The average molecular weight is 286 g/mol. The van der Waals surface area contributed by atoms with E-state index >= 15 is 0 Å². The second-order valence-electron chi connectivity index (χ2n) is 3.36. The molecule has 0 saturated heterocycles. The third kappa shape index (κ3) is 2.37. The minimum atomic E-state index is -0.723. The van der Waals surface area contributed by atoms with Crippen molar-refractivity contribution in [2.24, 2.45) is 0 Å². The Bertz CT molecular complexity index is 636. The fourth-order valence-corrected chi connectivity index (χ4v) is 1.78. The zero-order valence-corrected chi connectivity index (χ0v) is 10.2. The number of hydrogen-bond acceptors (Lipinski definition) is 4. The van der Waals surface area contributed by atoms with Gasteiger partial charge in [-0.2, -0.15) is 0 Å². The highest BCUT2D eigenvalue weighted by Crippen LogP contribution is 2.32. The Morgan fingerprint density at radius 1 is 1.28 bits per heavy atom. The van der Waals surface area contributed by atoms with Crippen molar-refractivity contribution in [2.45, 2.75) is 0 Å². The molecule has 0 aliphatic carbocycles. The first-order valence-corrected chi connectivity index (χ1v) is 5.48. The molecule has 2 aromatic rings. The average Bonchev–Trinajstić information content (AvgIpc) is 2.78. The number of rotatable bonds is 3. The van der Waals surface area contributed by atoms with Crippen LogP contribution < -0.4 is 0 Å². The van der Waals surface area contributed by atoms with Crippen molar-refractivity contribution in [3.05, 3.63) is 51.2 Å². The Kier molecular flexibility index (Phi) is 3.36. The molecule has 0 aliphatic rings. The third-order valence-corrected chi connectivity index (χ3v) is 2.73. The van der Waals surface area contributed by atoms with Crippen molar-refractivity contribution in [2.75, 3.05) is 0 Å². The molecular formula is C11H5Cl2NO4. The lowest BCUT2D eigenvalue weighted by molar-refractivity contribution is -0.384. The van der Waals surface area contributed by atoms with E-state index < -0.39 is 10.2 Å². The van der Waals surface area contributed by atoms with Crippen molar-refractivity contribution in [1.82, 2.24) is 0 Å². The molecule has 0 fully saturated rings. The fourth-order valence-electron chi connectivity index (χ4n) is 1.41. The van der Waals surface area contributed by atoms with E-state index in [1.165, 1.54) is 30.3 Å². The van der Waals surface area contributed by atoms with Gasteiger partial charge < -0.3 is 4.42 Å². The summed E-state index contributed by atoms with van der Waals surface area (Å²) in [6.45, 7) is 0. The Morgan fingerprint density at radius 2 is 2.00 bits per heavy atom. The molecule has 0 bridgehead atoms. The number of nitro benzene ring substituents is 1. The van der Waals surface area contributed by atoms with Gasteiger partial charge in [0.2, 0.25) is 0 Å². The molecule has 92 valence electrons. The maximum Gasteiger partial charge on any atom is 0.287 e. The molecule has 5 nitrogen and oxygen atoms in total. The van der Waals surface area contributed by atoms with E-state index in [4.69, 9.17) is 27.6 Å². The number of nitro groups is 1. The number of carbonyl (C=O) groups excluding carboxylic acids is 1. The molecule has 18 heavy (non-hydrogen) atoms. The molecular weight excluding hydrogens is 281 g/mol. The summed E-state index contributed by atoms with van der Waals surface area (Å²) in [6, 6.07) is 6.88. The molecule has 1 aromatic heterocycles. The highest BCUT2D eigenvalue weighted by molar-refractivity contribution is 6.67. The van der Waals surface area contributed by atoms with Crippen LogP contribution in [0.3, 0.4) is 0 Å². The highest BCUT2D eigenvalue weighted by Gasteiger charge is 2.15. The Labute approximate surface area is 111 Å². The van der Waals surface area contributed by atoms with Crippen LogP contribution in [-0.4, -0.2) is 10.2 Å². The van der Waals surface area contributed by atoms with Crippen LogP contribution in [0.15, 0.2) is 34.7 Å². The van der Waals surface area contributed by atoms with E-state index in [0.29, 0.717) is 11.3 Å². The van der Waals surface area contributed by atoms with Crippen LogP contribution in [0.25, 0.3) is 11.3 Å². The number of nitrogens with zero attached hydrogens (tertiary/aromatic N) is 1. The van der Waals surface area contributed by atoms with Gasteiger partial charge in [-0.15, -0.1) is 0 Å². The highest BCUT2D eigenvalue weighted by atomic mass is 35.5. The summed E-state index contributed by atoms with van der Waals surface area (Å²) in [5.41, 5.74) is 0.329. The van der Waals surface area contributed by atoms with Gasteiger partial charge in [-0.3, -0.25) is 14.9 Å². The minimum absolute atomic E-state index is 0.0129. The summed E-state index contributed by atoms with van der Waals surface area (Å²) in [6.07, 6.45) is 0. The zero-order chi connectivity index (χ0) is 13.3. The summed E-state index contributed by atoms with van der Waals surface area (Å²) in [5.74, 6) is 0.306. The first-order chi connectivity index (χ1) is 8.49. The molecule has 0 aliphatic heterocycles. The summed E-state index contributed by atoms with van der Waals surface area (Å²) >= 11 is 11.2. The quantitative estimate of drug-likeness (QED) is 0.487. The fraction of sp³-hybridized carbons (Fsp3) is 0. The third-order valence-electron chi connectivity index (χ3n) is 2.23. The lowest BCUT2D eigenvalue weighted by atomic mass is 10.1. The van der Waals surface area contributed by atoms with Gasteiger partial charge in [0.15, 0.2) is 5.76 Å². The molecule has 7 heteroatoms. The molecule has 0 amide bonds. The minimum Gasteiger partial charge on any atom is -0.452 e. The van der Waals surface area contributed by atoms with Crippen LogP contribution in [0, 0.1) is 10.1 Å². The molecule has 0 atom stereocenters. The molecule has 1 heterocycles. The van der Waals surface area contributed by atoms with Crippen LogP contribution in [0.2, 0.25) is 5.02 Å². The smallest absolute Gasteiger partial charge is 0.287 e. The van der Waals surface area contributed by atoms with Crippen molar-refractivity contribution >= 4 is 34.1 Å². The van der Waals surface area contributed by atoms with Crippen molar-refractivity contribution in [3.8, 4) is 11.3 Å². The van der Waals surface area contributed by atoms with Crippen LogP contribution in [0.5, 0.6) is 0 Å². The number of furan rings is 1. The van der Waals surface area contributed by atoms with Crippen molar-refractivity contribution < 1.29 is 14.1 Å². The molecule has 1 aromatic carbocycles. The van der Waals surface area contributed by atoms with Gasteiger partial charge in [0.1, 0.15) is 5.76 Å². The SMILES string of the molecule is O=C(Cl)c1ccc(-c2ccc([N+](=O)[O-])cc2Cl)o1. The Balaban J connectivity index is 2.44. The number of non-ortho nitro benzene ring substituents is 1. The summed E-state index contributed by atoms with van der Waals surface area (Å²) in [4.78, 5) is 20.9. The molecule has 0 spiro atoms. The maximum atomic E-state index is 10.9. The standard InChI is InChI=1S/C11H5Cl2NO4/c12-8-5-6(14(16)17)1-2-7(8)9-3-4-10(18-9)11(13)15/h1-5H. The van der Waals surface area contributed by atoms with Gasteiger partial charge >= 0.3 is 0 Å². The van der Waals surface area contributed by atoms with E-state index in [9.17, 15) is 14.9 Å². The normalized spacial score (nSPS) is 10.3. The Hall–Kier alpha value is -1.85. The van der Waals surface area contributed by atoms with E-state index in [2.05, 4.69) is 0 Å². The van der Waals surface area contributed by atoms with E-state index in [1.54, 1.807) is 0 Å². The monoisotopic (exact) mass is 285 g/mol. The predicted octanol–water partition coefficient (Wildman–Crippen LogP) is 3.89. The maximum absolute atomic E-state index is 10.9. The number of carbonyl (C=O) groups is 1. The van der Waals surface area contributed by atoms with E-state index in [-0.39, 0.29) is 16.5 Å². The first kappa shape index (κ1) is 12.6. The van der Waals surface area contributed by atoms with E-state index in [1.807, 2.05) is 0 Å². The van der Waals surface area contributed by atoms with Gasteiger partial charge in [-0.1, -0.05) is 11.6 Å². The number of halogens is 2. The lowest BCUT2D eigenvalue weighted by Crippen LogP contribution is -1.88. The van der Waals surface area contributed by atoms with Gasteiger partial charge in [0.25, 0.3) is 10.9 Å². The molecule has 0 radical (unpaired) electrons. The van der Waals surface area contributed by atoms with Crippen molar-refractivity contribution in [1.29, 1.82) is 0 Å². The van der Waals surface area contributed by atoms with Crippen LogP contribution in [-0.2, 0) is 0 Å². The largest absolute Gasteiger partial charge is 0.452 e. The lowest BCUT2D eigenvalue weighted by Gasteiger charge is -2.00. The Morgan fingerprint density at radius 3 is 2.50 bits per heavy atom. The summed E-state index contributed by atoms with van der Waals surface area (Å²) in [7, 11) is 0. The van der Waals surface area contributed by atoms with Gasteiger partial charge in [0.05, 0.1) is 9.95 Å². The van der Waals surface area contributed by atoms with Crippen LogP contribution in [0.4, 0.5) is 5.69 Å². The summed E-state index contributed by atoms with van der Waals surface area (Å²) in [5, 5.41) is 9.99.